The van der Waals surface area contributed by atoms with Crippen molar-refractivity contribution in [1.29, 1.82) is 0 Å². The summed E-state index contributed by atoms with van der Waals surface area (Å²) in [6.45, 7) is 6.06. The third-order valence-electron chi connectivity index (χ3n) is 2.08. The Kier molecular flexibility index (Phi) is 5.19. The standard InChI is InChI=1S/C11H18N4O2/c1-4-6-10-13-8(3)9(14-10)7-12-15-11(16)17-5-2/h7H,4-6H2,1-3H3,(H,13,14)(H,15,16). The van der Waals surface area contributed by atoms with Crippen LogP contribution in [0.3, 0.4) is 0 Å². The lowest BCUT2D eigenvalue weighted by Crippen LogP contribution is -2.18. The summed E-state index contributed by atoms with van der Waals surface area (Å²) in [6, 6.07) is 0. The second kappa shape index (κ2) is 6.67. The fourth-order valence-electron chi connectivity index (χ4n) is 1.33. The van der Waals surface area contributed by atoms with Crippen LogP contribution in [0.15, 0.2) is 5.10 Å². The second-order valence-electron chi connectivity index (χ2n) is 3.53. The number of hydrogen-bond acceptors (Lipinski definition) is 4. The van der Waals surface area contributed by atoms with Crippen LogP contribution in [0.2, 0.25) is 0 Å². The van der Waals surface area contributed by atoms with Crippen molar-refractivity contribution < 1.29 is 9.53 Å². The minimum Gasteiger partial charge on any atom is -0.449 e. The molecule has 94 valence electrons. The fraction of sp³-hybridized carbons (Fsp3) is 0.545. The van der Waals surface area contributed by atoms with Crippen LogP contribution in [0.25, 0.3) is 0 Å². The van der Waals surface area contributed by atoms with Gasteiger partial charge in [-0.05, 0) is 20.3 Å². The summed E-state index contributed by atoms with van der Waals surface area (Å²) in [5.41, 5.74) is 3.92. The van der Waals surface area contributed by atoms with Gasteiger partial charge in [-0.2, -0.15) is 5.10 Å². The first-order valence-corrected chi connectivity index (χ1v) is 5.68. The van der Waals surface area contributed by atoms with E-state index in [-0.39, 0.29) is 0 Å². The van der Waals surface area contributed by atoms with Crippen molar-refractivity contribution in [2.45, 2.75) is 33.6 Å². The maximum Gasteiger partial charge on any atom is 0.427 e. The number of aromatic nitrogens is 2. The Labute approximate surface area is 100 Å². The molecule has 0 aromatic carbocycles. The summed E-state index contributed by atoms with van der Waals surface area (Å²) in [7, 11) is 0. The van der Waals surface area contributed by atoms with E-state index in [1.165, 1.54) is 6.21 Å². The van der Waals surface area contributed by atoms with Crippen LogP contribution >= 0.6 is 0 Å². The van der Waals surface area contributed by atoms with E-state index in [1.54, 1.807) is 6.92 Å². The Hall–Kier alpha value is -1.85. The molecular formula is C11H18N4O2. The number of ether oxygens (including phenoxy) is 1. The van der Waals surface area contributed by atoms with E-state index in [1.807, 2.05) is 6.92 Å². The molecule has 0 radical (unpaired) electrons. The summed E-state index contributed by atoms with van der Waals surface area (Å²) in [6.07, 6.45) is 2.87. The number of imidazole rings is 1. The van der Waals surface area contributed by atoms with Crippen molar-refractivity contribution in [3.8, 4) is 0 Å². The number of nitrogens with zero attached hydrogens (tertiary/aromatic N) is 2. The van der Waals surface area contributed by atoms with Gasteiger partial charge in [0.15, 0.2) is 0 Å². The summed E-state index contributed by atoms with van der Waals surface area (Å²) in [5.74, 6) is 0.933. The van der Waals surface area contributed by atoms with Gasteiger partial charge in [0.2, 0.25) is 0 Å². The molecule has 1 amide bonds. The average molecular weight is 238 g/mol. The quantitative estimate of drug-likeness (QED) is 0.606. The summed E-state index contributed by atoms with van der Waals surface area (Å²) in [5, 5.41) is 3.76. The number of hydrazone groups is 1. The van der Waals surface area contributed by atoms with E-state index < -0.39 is 6.09 Å². The fourth-order valence-corrected chi connectivity index (χ4v) is 1.33. The molecule has 6 heteroatoms. The number of nitrogens with one attached hydrogen (secondary N) is 2. The zero-order chi connectivity index (χ0) is 12.7. The molecule has 0 unspecified atom stereocenters. The molecule has 0 saturated carbocycles. The van der Waals surface area contributed by atoms with Gasteiger partial charge in [0, 0.05) is 12.1 Å². The number of aryl methyl sites for hydroxylation is 2. The highest BCUT2D eigenvalue weighted by Gasteiger charge is 2.03. The molecule has 0 atom stereocenters. The molecule has 6 nitrogen and oxygen atoms in total. The number of carbonyl (C=O) groups is 1. The molecule has 1 aromatic rings. The Balaban J connectivity index is 2.55. The van der Waals surface area contributed by atoms with E-state index in [4.69, 9.17) is 0 Å². The minimum absolute atomic E-state index is 0.323. The molecule has 0 aliphatic rings. The van der Waals surface area contributed by atoms with Gasteiger partial charge in [-0.15, -0.1) is 0 Å². The minimum atomic E-state index is -0.564. The molecule has 2 N–H and O–H groups in total. The molecule has 0 fully saturated rings. The zero-order valence-electron chi connectivity index (χ0n) is 10.4. The van der Waals surface area contributed by atoms with Crippen LogP contribution in [0, 0.1) is 6.92 Å². The summed E-state index contributed by atoms with van der Waals surface area (Å²) in [4.78, 5) is 18.5. The lowest BCUT2D eigenvalue weighted by molar-refractivity contribution is 0.152. The summed E-state index contributed by atoms with van der Waals surface area (Å²) >= 11 is 0. The first-order valence-electron chi connectivity index (χ1n) is 5.68. The maximum absolute atomic E-state index is 11.0. The van der Waals surface area contributed by atoms with Crippen molar-refractivity contribution >= 4 is 12.3 Å². The number of rotatable bonds is 5. The molecule has 0 aliphatic heterocycles. The van der Waals surface area contributed by atoms with Crippen LogP contribution in [0.4, 0.5) is 4.79 Å². The van der Waals surface area contributed by atoms with Crippen molar-refractivity contribution in [2.24, 2.45) is 5.10 Å². The average Bonchev–Trinajstić information content (AvgIpc) is 2.60. The first kappa shape index (κ1) is 13.2. The number of aromatic amines is 1. The van der Waals surface area contributed by atoms with Gasteiger partial charge in [0.05, 0.1) is 12.8 Å². The van der Waals surface area contributed by atoms with E-state index in [0.29, 0.717) is 6.61 Å². The lowest BCUT2D eigenvalue weighted by Gasteiger charge is -1.97. The first-order chi connectivity index (χ1) is 8.17. The molecule has 0 aliphatic carbocycles. The second-order valence-corrected chi connectivity index (χ2v) is 3.53. The van der Waals surface area contributed by atoms with E-state index in [0.717, 1.165) is 30.1 Å². The third-order valence-corrected chi connectivity index (χ3v) is 2.08. The number of hydrogen-bond donors (Lipinski definition) is 2. The van der Waals surface area contributed by atoms with Gasteiger partial charge in [0.25, 0.3) is 0 Å². The Morgan fingerprint density at radius 2 is 2.35 bits per heavy atom. The molecule has 17 heavy (non-hydrogen) atoms. The van der Waals surface area contributed by atoms with Crippen molar-refractivity contribution in [3.63, 3.8) is 0 Å². The van der Waals surface area contributed by atoms with Gasteiger partial charge < -0.3 is 9.72 Å². The maximum atomic E-state index is 11.0. The SMILES string of the molecule is CCCc1nc(C=NNC(=O)OCC)c(C)[nH]1. The van der Waals surface area contributed by atoms with Crippen LogP contribution in [0.1, 0.15) is 37.5 Å². The highest BCUT2D eigenvalue weighted by atomic mass is 16.5. The van der Waals surface area contributed by atoms with Gasteiger partial charge in [0.1, 0.15) is 11.5 Å². The number of H-pyrrole nitrogens is 1. The van der Waals surface area contributed by atoms with Crippen molar-refractivity contribution in [1.82, 2.24) is 15.4 Å². The predicted molar refractivity (Wildman–Crippen MR) is 65.1 cm³/mol. The van der Waals surface area contributed by atoms with Gasteiger partial charge in [-0.25, -0.2) is 15.2 Å². The number of carbonyl (C=O) groups excluding carboxylic acids is 1. The molecular weight excluding hydrogens is 220 g/mol. The smallest absolute Gasteiger partial charge is 0.427 e. The van der Waals surface area contributed by atoms with Gasteiger partial charge in [-0.3, -0.25) is 0 Å². The Morgan fingerprint density at radius 1 is 1.59 bits per heavy atom. The zero-order valence-corrected chi connectivity index (χ0v) is 10.4. The highest BCUT2D eigenvalue weighted by molar-refractivity contribution is 5.79. The van der Waals surface area contributed by atoms with E-state index in [9.17, 15) is 4.79 Å². The predicted octanol–water partition coefficient (Wildman–Crippen LogP) is 1.75. The lowest BCUT2D eigenvalue weighted by atomic mass is 10.3. The van der Waals surface area contributed by atoms with Gasteiger partial charge in [-0.1, -0.05) is 6.92 Å². The Bertz CT molecular complexity index is 398. The number of amides is 1. The van der Waals surface area contributed by atoms with Crippen LogP contribution in [0.5, 0.6) is 0 Å². The van der Waals surface area contributed by atoms with Crippen LogP contribution < -0.4 is 5.43 Å². The van der Waals surface area contributed by atoms with E-state index in [2.05, 4.69) is 32.2 Å². The molecule has 1 aromatic heterocycles. The molecule has 0 saturated heterocycles. The summed E-state index contributed by atoms with van der Waals surface area (Å²) < 4.78 is 4.66. The Morgan fingerprint density at radius 3 is 3.00 bits per heavy atom. The monoisotopic (exact) mass is 238 g/mol. The highest BCUT2D eigenvalue weighted by Crippen LogP contribution is 2.04. The van der Waals surface area contributed by atoms with Crippen LogP contribution in [-0.2, 0) is 11.2 Å². The van der Waals surface area contributed by atoms with Crippen LogP contribution in [-0.4, -0.2) is 28.9 Å². The third kappa shape index (κ3) is 4.26. The van der Waals surface area contributed by atoms with E-state index >= 15 is 0 Å². The molecule has 1 rings (SSSR count). The van der Waals surface area contributed by atoms with Crippen molar-refractivity contribution in [3.05, 3.63) is 17.2 Å². The molecule has 0 bridgehead atoms. The molecule has 1 heterocycles. The topological polar surface area (TPSA) is 79.4 Å². The largest absolute Gasteiger partial charge is 0.449 e. The normalized spacial score (nSPS) is 10.8. The molecule has 0 spiro atoms. The van der Waals surface area contributed by atoms with Crippen molar-refractivity contribution in [2.75, 3.05) is 6.61 Å². The van der Waals surface area contributed by atoms with Gasteiger partial charge >= 0.3 is 6.09 Å².